The van der Waals surface area contributed by atoms with Gasteiger partial charge in [0.1, 0.15) is 18.0 Å². The zero-order valence-electron chi connectivity index (χ0n) is 16.1. The fourth-order valence-corrected chi connectivity index (χ4v) is 3.23. The maximum Gasteiger partial charge on any atom is 0.311 e. The molecule has 0 amide bonds. The van der Waals surface area contributed by atoms with Crippen molar-refractivity contribution in [2.24, 2.45) is 0 Å². The molecule has 1 saturated heterocycles. The summed E-state index contributed by atoms with van der Waals surface area (Å²) in [5.74, 6) is 1.36. The second kappa shape index (κ2) is 7.43. The third-order valence-corrected chi connectivity index (χ3v) is 4.75. The van der Waals surface area contributed by atoms with Crippen LogP contribution >= 0.6 is 0 Å². The van der Waals surface area contributed by atoms with E-state index in [-0.39, 0.29) is 23.1 Å². The van der Waals surface area contributed by atoms with Crippen LogP contribution in [0.3, 0.4) is 0 Å². The lowest BCUT2D eigenvalue weighted by Gasteiger charge is -2.46. The van der Waals surface area contributed by atoms with Gasteiger partial charge in [-0.15, -0.1) is 0 Å². The zero-order chi connectivity index (χ0) is 19.6. The van der Waals surface area contributed by atoms with Gasteiger partial charge >= 0.3 is 5.69 Å². The summed E-state index contributed by atoms with van der Waals surface area (Å²) in [6, 6.07) is 5.10. The van der Waals surface area contributed by atoms with Crippen LogP contribution in [0.15, 0.2) is 30.7 Å². The van der Waals surface area contributed by atoms with Crippen LogP contribution in [-0.4, -0.2) is 56.0 Å². The van der Waals surface area contributed by atoms with Crippen LogP contribution in [0, 0.1) is 10.1 Å². The summed E-state index contributed by atoms with van der Waals surface area (Å²) in [6.07, 6.45) is 2.95. The van der Waals surface area contributed by atoms with Crippen molar-refractivity contribution in [1.29, 1.82) is 0 Å². The molecule has 1 N–H and O–H groups in total. The van der Waals surface area contributed by atoms with Gasteiger partial charge in [-0.25, -0.2) is 15.0 Å². The number of anilines is 3. The highest BCUT2D eigenvalue weighted by Crippen LogP contribution is 2.30. The van der Waals surface area contributed by atoms with E-state index in [9.17, 15) is 10.1 Å². The molecule has 2 aromatic rings. The molecule has 0 unspecified atom stereocenters. The number of nitro groups is 1. The Bertz CT molecular complexity index is 807. The topological polar surface area (TPSA) is 100 Å². The number of rotatable bonds is 4. The Balaban J connectivity index is 1.86. The number of nitrogens with one attached hydrogen (secondary N) is 1. The fourth-order valence-electron chi connectivity index (χ4n) is 3.23. The smallest absolute Gasteiger partial charge is 0.311 e. The number of pyridine rings is 1. The summed E-state index contributed by atoms with van der Waals surface area (Å²) < 4.78 is 0. The van der Waals surface area contributed by atoms with Crippen molar-refractivity contribution >= 4 is 23.1 Å². The first-order valence-electron chi connectivity index (χ1n) is 8.96. The normalized spacial score (nSPS) is 18.4. The van der Waals surface area contributed by atoms with Crippen molar-refractivity contribution in [3.05, 3.63) is 40.8 Å². The third-order valence-electron chi connectivity index (χ3n) is 4.75. The molecular weight excluding hydrogens is 346 g/mol. The quantitative estimate of drug-likeness (QED) is 0.647. The molecule has 0 saturated carbocycles. The van der Waals surface area contributed by atoms with Crippen LogP contribution in [0.4, 0.5) is 23.1 Å². The Labute approximate surface area is 158 Å². The molecule has 0 bridgehead atoms. The molecule has 9 heteroatoms. The van der Waals surface area contributed by atoms with E-state index < -0.39 is 4.92 Å². The molecule has 3 heterocycles. The van der Waals surface area contributed by atoms with Crippen LogP contribution in [0.25, 0.3) is 0 Å². The predicted octanol–water partition coefficient (Wildman–Crippen LogP) is 2.83. The largest absolute Gasteiger partial charge is 0.351 e. The first-order chi connectivity index (χ1) is 12.8. The summed E-state index contributed by atoms with van der Waals surface area (Å²) in [5, 5.41) is 14.3. The maximum absolute atomic E-state index is 11.4. The molecule has 27 heavy (non-hydrogen) atoms. The van der Waals surface area contributed by atoms with Crippen molar-refractivity contribution in [2.45, 2.75) is 39.3 Å². The van der Waals surface area contributed by atoms with Crippen LogP contribution in [0.5, 0.6) is 0 Å². The lowest BCUT2D eigenvalue weighted by atomic mass is 10.0. The van der Waals surface area contributed by atoms with Gasteiger partial charge in [0, 0.05) is 43.5 Å². The van der Waals surface area contributed by atoms with E-state index in [2.05, 4.69) is 57.8 Å². The van der Waals surface area contributed by atoms with Crippen molar-refractivity contribution in [3.8, 4) is 0 Å². The molecule has 0 aliphatic carbocycles. The van der Waals surface area contributed by atoms with Gasteiger partial charge in [-0.1, -0.05) is 0 Å². The molecule has 0 spiro atoms. The Kier molecular flexibility index (Phi) is 5.22. The molecule has 1 atom stereocenters. The molecule has 0 aromatic carbocycles. The van der Waals surface area contributed by atoms with E-state index in [0.29, 0.717) is 5.82 Å². The maximum atomic E-state index is 11.4. The van der Waals surface area contributed by atoms with E-state index in [1.807, 2.05) is 0 Å². The van der Waals surface area contributed by atoms with Gasteiger partial charge in [0.25, 0.3) is 0 Å². The lowest BCUT2D eigenvalue weighted by molar-refractivity contribution is -0.384. The predicted molar refractivity (Wildman–Crippen MR) is 104 cm³/mol. The molecule has 9 nitrogen and oxygen atoms in total. The van der Waals surface area contributed by atoms with Gasteiger partial charge in [-0.05, 0) is 39.8 Å². The molecule has 144 valence electrons. The van der Waals surface area contributed by atoms with Gasteiger partial charge in [0.2, 0.25) is 5.82 Å². The van der Waals surface area contributed by atoms with Crippen molar-refractivity contribution in [2.75, 3.05) is 29.9 Å². The van der Waals surface area contributed by atoms with Gasteiger partial charge in [-0.3, -0.25) is 15.0 Å². The molecular formula is C18H25N7O2. The molecule has 3 rings (SSSR count). The average molecular weight is 371 g/mol. The molecule has 1 aliphatic heterocycles. The van der Waals surface area contributed by atoms with Gasteiger partial charge in [0.15, 0.2) is 0 Å². The number of nitrogens with zero attached hydrogens (tertiary/aromatic N) is 6. The highest BCUT2D eigenvalue weighted by Gasteiger charge is 2.31. The average Bonchev–Trinajstić information content (AvgIpc) is 2.61. The zero-order valence-corrected chi connectivity index (χ0v) is 16.1. The first-order valence-corrected chi connectivity index (χ1v) is 8.96. The summed E-state index contributed by atoms with van der Waals surface area (Å²) in [4.78, 5) is 28.0. The molecule has 1 aliphatic rings. The highest BCUT2D eigenvalue weighted by molar-refractivity contribution is 5.66. The van der Waals surface area contributed by atoms with Crippen molar-refractivity contribution in [1.82, 2.24) is 19.9 Å². The summed E-state index contributed by atoms with van der Waals surface area (Å²) in [6.45, 7) is 11.4. The Morgan fingerprint density at radius 2 is 2.04 bits per heavy atom. The van der Waals surface area contributed by atoms with E-state index in [4.69, 9.17) is 0 Å². The molecule has 0 radical (unpaired) electrons. The SMILES string of the molecule is C[C@H]1CN(C(C)(C)C)CCN1c1ccc([N+](=O)[O-])c(Nc2ccncn2)n1. The number of piperazine rings is 1. The monoisotopic (exact) mass is 371 g/mol. The Morgan fingerprint density at radius 3 is 2.63 bits per heavy atom. The number of hydrogen-bond donors (Lipinski definition) is 1. The highest BCUT2D eigenvalue weighted by atomic mass is 16.6. The first kappa shape index (κ1) is 19.0. The fraction of sp³-hybridized carbons (Fsp3) is 0.500. The molecule has 2 aromatic heterocycles. The minimum atomic E-state index is -0.443. The van der Waals surface area contributed by atoms with Crippen molar-refractivity contribution < 1.29 is 4.92 Å². The second-order valence-corrected chi connectivity index (χ2v) is 7.67. The van der Waals surface area contributed by atoms with Crippen LogP contribution in [0.2, 0.25) is 0 Å². The van der Waals surface area contributed by atoms with E-state index >= 15 is 0 Å². The number of aromatic nitrogens is 3. The Hall–Kier alpha value is -2.81. The minimum Gasteiger partial charge on any atom is -0.351 e. The van der Waals surface area contributed by atoms with Gasteiger partial charge in [-0.2, -0.15) is 0 Å². The minimum absolute atomic E-state index is 0.0849. The van der Waals surface area contributed by atoms with Crippen LogP contribution < -0.4 is 10.2 Å². The Morgan fingerprint density at radius 1 is 1.26 bits per heavy atom. The van der Waals surface area contributed by atoms with Gasteiger partial charge in [0.05, 0.1) is 4.92 Å². The van der Waals surface area contributed by atoms with Crippen molar-refractivity contribution in [3.63, 3.8) is 0 Å². The van der Waals surface area contributed by atoms with E-state index in [1.165, 1.54) is 12.4 Å². The number of hydrogen-bond acceptors (Lipinski definition) is 8. The third kappa shape index (κ3) is 4.30. The standard InChI is InChI=1S/C18H25N7O2/c1-13-11-23(18(2,3)4)9-10-24(13)16-6-5-14(25(26)27)17(22-16)21-15-7-8-19-12-20-15/h5-8,12-13H,9-11H2,1-4H3,(H,19,20,21,22)/t13-/m0/s1. The summed E-state index contributed by atoms with van der Waals surface area (Å²) >= 11 is 0. The molecule has 1 fully saturated rings. The van der Waals surface area contributed by atoms with Gasteiger partial charge < -0.3 is 10.2 Å². The lowest BCUT2D eigenvalue weighted by Crippen LogP contribution is -2.57. The van der Waals surface area contributed by atoms with Crippen LogP contribution in [0.1, 0.15) is 27.7 Å². The van der Waals surface area contributed by atoms with Crippen LogP contribution in [-0.2, 0) is 0 Å². The van der Waals surface area contributed by atoms with E-state index in [1.54, 1.807) is 18.3 Å². The summed E-state index contributed by atoms with van der Waals surface area (Å²) in [5.41, 5.74) is 0.0292. The van der Waals surface area contributed by atoms with E-state index in [0.717, 1.165) is 25.5 Å². The summed E-state index contributed by atoms with van der Waals surface area (Å²) in [7, 11) is 0. The second-order valence-electron chi connectivity index (χ2n) is 7.67.